The molecule has 0 heterocycles. The molecule has 0 N–H and O–H groups in total. The van der Waals surface area contributed by atoms with E-state index in [1.165, 1.54) is 0 Å². The lowest BCUT2D eigenvalue weighted by Gasteiger charge is -2.11. The third kappa shape index (κ3) is 1.05. The van der Waals surface area contributed by atoms with Crippen LogP contribution in [-0.4, -0.2) is 0 Å². The van der Waals surface area contributed by atoms with Gasteiger partial charge in [-0.25, -0.2) is 17.6 Å². The van der Waals surface area contributed by atoms with E-state index in [1.54, 1.807) is 0 Å². The first-order valence-electron chi connectivity index (χ1n) is 5.12. The van der Waals surface area contributed by atoms with Crippen molar-refractivity contribution >= 4 is 0 Å². The van der Waals surface area contributed by atoms with Crippen molar-refractivity contribution in [2.75, 3.05) is 0 Å². The SMILES string of the molecule is Fc1c(F)c(F)c2c(c1F)CC1C=CCC21. The Kier molecular flexibility index (Phi) is 1.91. The highest BCUT2D eigenvalue weighted by Gasteiger charge is 2.40. The molecule has 0 amide bonds. The molecule has 0 nitrogen and oxygen atoms in total. The molecule has 0 spiro atoms. The molecule has 1 aromatic carbocycles. The zero-order chi connectivity index (χ0) is 11.4. The quantitative estimate of drug-likeness (QED) is 0.276. The lowest BCUT2D eigenvalue weighted by molar-refractivity contribution is 0.400. The number of benzene rings is 1. The molecule has 0 fully saturated rings. The van der Waals surface area contributed by atoms with Gasteiger partial charge in [-0.3, -0.25) is 0 Å². The Labute approximate surface area is 89.6 Å². The zero-order valence-electron chi connectivity index (χ0n) is 8.24. The summed E-state index contributed by atoms with van der Waals surface area (Å²) in [5, 5.41) is 0. The van der Waals surface area contributed by atoms with Crippen LogP contribution in [0.1, 0.15) is 23.5 Å². The van der Waals surface area contributed by atoms with Crippen LogP contribution < -0.4 is 0 Å². The third-order valence-electron chi connectivity index (χ3n) is 3.51. The van der Waals surface area contributed by atoms with Gasteiger partial charge in [-0.2, -0.15) is 0 Å². The van der Waals surface area contributed by atoms with Crippen molar-refractivity contribution in [3.05, 3.63) is 46.5 Å². The maximum Gasteiger partial charge on any atom is 0.197 e. The van der Waals surface area contributed by atoms with E-state index in [4.69, 9.17) is 0 Å². The van der Waals surface area contributed by atoms with E-state index < -0.39 is 23.3 Å². The zero-order valence-corrected chi connectivity index (χ0v) is 8.24. The molecule has 16 heavy (non-hydrogen) atoms. The Bertz CT molecular complexity index is 504. The van der Waals surface area contributed by atoms with E-state index in [1.807, 2.05) is 12.2 Å². The van der Waals surface area contributed by atoms with Crippen LogP contribution in [0.4, 0.5) is 17.6 Å². The van der Waals surface area contributed by atoms with Gasteiger partial charge in [0.2, 0.25) is 0 Å². The number of hydrogen-bond donors (Lipinski definition) is 0. The van der Waals surface area contributed by atoms with E-state index in [-0.39, 0.29) is 29.4 Å². The highest BCUT2D eigenvalue weighted by molar-refractivity contribution is 5.43. The van der Waals surface area contributed by atoms with Crippen LogP contribution in [0, 0.1) is 29.2 Å². The highest BCUT2D eigenvalue weighted by atomic mass is 19.2. The molecule has 4 heteroatoms. The van der Waals surface area contributed by atoms with Crippen LogP contribution in [0.5, 0.6) is 0 Å². The molecule has 84 valence electrons. The van der Waals surface area contributed by atoms with Crippen LogP contribution in [0.25, 0.3) is 0 Å². The van der Waals surface area contributed by atoms with Crippen molar-refractivity contribution in [2.45, 2.75) is 18.8 Å². The molecule has 2 aliphatic rings. The molecule has 0 bridgehead atoms. The van der Waals surface area contributed by atoms with Crippen LogP contribution in [-0.2, 0) is 6.42 Å². The fraction of sp³-hybridized carbons (Fsp3) is 0.333. The summed E-state index contributed by atoms with van der Waals surface area (Å²) in [5.74, 6) is -6.06. The first kappa shape index (κ1) is 9.87. The van der Waals surface area contributed by atoms with Gasteiger partial charge in [0, 0.05) is 5.56 Å². The summed E-state index contributed by atoms with van der Waals surface area (Å²) in [7, 11) is 0. The molecule has 0 aromatic heterocycles. The van der Waals surface area contributed by atoms with Crippen molar-refractivity contribution in [1.29, 1.82) is 0 Å². The van der Waals surface area contributed by atoms with Crippen molar-refractivity contribution in [3.63, 3.8) is 0 Å². The van der Waals surface area contributed by atoms with Gasteiger partial charge in [0.1, 0.15) is 0 Å². The number of rotatable bonds is 0. The minimum absolute atomic E-state index is 0.00995. The Balaban J connectivity index is 2.27. The summed E-state index contributed by atoms with van der Waals surface area (Å²) in [5.41, 5.74) is 0.0437. The first-order valence-corrected chi connectivity index (χ1v) is 5.12. The van der Waals surface area contributed by atoms with Gasteiger partial charge in [0.15, 0.2) is 23.3 Å². The van der Waals surface area contributed by atoms with E-state index in [0.717, 1.165) is 0 Å². The molecule has 0 radical (unpaired) electrons. The second kappa shape index (κ2) is 3.09. The third-order valence-corrected chi connectivity index (χ3v) is 3.51. The number of fused-ring (bicyclic) bond motifs is 3. The van der Waals surface area contributed by atoms with E-state index in [2.05, 4.69) is 0 Å². The van der Waals surface area contributed by atoms with E-state index in [0.29, 0.717) is 6.42 Å². The van der Waals surface area contributed by atoms with Crippen molar-refractivity contribution in [1.82, 2.24) is 0 Å². The lowest BCUT2D eigenvalue weighted by atomic mass is 9.95. The molecule has 1 aromatic rings. The second-order valence-corrected chi connectivity index (χ2v) is 4.29. The molecule has 0 saturated heterocycles. The molecule has 3 rings (SSSR count). The predicted molar refractivity (Wildman–Crippen MR) is 50.0 cm³/mol. The Morgan fingerprint density at radius 1 is 0.938 bits per heavy atom. The maximum absolute atomic E-state index is 13.6. The molecular weight excluding hydrogens is 220 g/mol. The monoisotopic (exact) mass is 228 g/mol. The van der Waals surface area contributed by atoms with Crippen LogP contribution in [0.2, 0.25) is 0 Å². The minimum Gasteiger partial charge on any atom is -0.203 e. The van der Waals surface area contributed by atoms with Gasteiger partial charge in [-0.05, 0) is 30.2 Å². The maximum atomic E-state index is 13.6. The van der Waals surface area contributed by atoms with E-state index in [9.17, 15) is 17.6 Å². The molecular formula is C12H8F4. The number of hydrogen-bond acceptors (Lipinski definition) is 0. The van der Waals surface area contributed by atoms with E-state index >= 15 is 0 Å². The first-order chi connectivity index (χ1) is 7.61. The minimum atomic E-state index is -1.69. The van der Waals surface area contributed by atoms with Gasteiger partial charge < -0.3 is 0 Å². The lowest BCUT2D eigenvalue weighted by Crippen LogP contribution is -2.05. The molecule has 2 unspecified atom stereocenters. The fourth-order valence-corrected chi connectivity index (χ4v) is 2.77. The number of halogens is 4. The smallest absolute Gasteiger partial charge is 0.197 e. The summed E-state index contributed by atoms with van der Waals surface area (Å²) in [6.07, 6.45) is 4.56. The van der Waals surface area contributed by atoms with Gasteiger partial charge in [-0.15, -0.1) is 0 Å². The largest absolute Gasteiger partial charge is 0.203 e. The summed E-state index contributed by atoms with van der Waals surface area (Å²) >= 11 is 0. The Hall–Kier alpha value is -1.32. The standard InChI is InChI=1S/C12H8F4/c13-9-7-4-5-2-1-3-6(5)8(7)10(14)12(16)11(9)15/h1-2,5-6H,3-4H2. The Morgan fingerprint density at radius 2 is 1.62 bits per heavy atom. The second-order valence-electron chi connectivity index (χ2n) is 4.29. The average molecular weight is 228 g/mol. The van der Waals surface area contributed by atoms with Gasteiger partial charge in [0.25, 0.3) is 0 Å². The normalized spacial score (nSPS) is 26.0. The van der Waals surface area contributed by atoms with Crippen LogP contribution >= 0.6 is 0 Å². The molecule has 2 atom stereocenters. The Morgan fingerprint density at radius 3 is 2.38 bits per heavy atom. The van der Waals surface area contributed by atoms with Gasteiger partial charge in [-0.1, -0.05) is 12.2 Å². The molecule has 0 aliphatic heterocycles. The van der Waals surface area contributed by atoms with Crippen molar-refractivity contribution < 1.29 is 17.6 Å². The van der Waals surface area contributed by atoms with Crippen molar-refractivity contribution in [2.24, 2.45) is 5.92 Å². The highest BCUT2D eigenvalue weighted by Crippen LogP contribution is 2.47. The summed E-state index contributed by atoms with van der Waals surface area (Å²) in [6, 6.07) is 0. The topological polar surface area (TPSA) is 0 Å². The van der Waals surface area contributed by atoms with Crippen LogP contribution in [0.3, 0.4) is 0 Å². The average Bonchev–Trinajstić information content (AvgIpc) is 2.82. The fourth-order valence-electron chi connectivity index (χ4n) is 2.77. The molecule has 0 saturated carbocycles. The summed E-state index contributed by atoms with van der Waals surface area (Å²) in [4.78, 5) is 0. The predicted octanol–water partition coefficient (Wildman–Crippen LogP) is 3.46. The number of allylic oxidation sites excluding steroid dienone is 2. The van der Waals surface area contributed by atoms with Crippen LogP contribution in [0.15, 0.2) is 12.2 Å². The summed E-state index contributed by atoms with van der Waals surface area (Å²) in [6.45, 7) is 0. The van der Waals surface area contributed by atoms with Gasteiger partial charge in [0.05, 0.1) is 0 Å². The molecule has 2 aliphatic carbocycles. The van der Waals surface area contributed by atoms with Gasteiger partial charge >= 0.3 is 0 Å². The summed E-state index contributed by atoms with van der Waals surface area (Å²) < 4.78 is 53.1. The van der Waals surface area contributed by atoms with Crippen molar-refractivity contribution in [3.8, 4) is 0 Å².